The average molecular weight is 347 g/mol. The summed E-state index contributed by atoms with van der Waals surface area (Å²) in [4.78, 5) is 28.2. The van der Waals surface area contributed by atoms with E-state index in [-0.39, 0.29) is 23.6 Å². The molecule has 1 aliphatic carbocycles. The molecular formula is C21H21N3O2. The third-order valence-electron chi connectivity index (χ3n) is 4.74. The van der Waals surface area contributed by atoms with Gasteiger partial charge in [0.15, 0.2) is 5.69 Å². The second kappa shape index (κ2) is 6.41. The summed E-state index contributed by atoms with van der Waals surface area (Å²) in [6.45, 7) is 4.04. The molecule has 1 saturated carbocycles. The zero-order valence-corrected chi connectivity index (χ0v) is 14.9. The Morgan fingerprint density at radius 1 is 1.04 bits per heavy atom. The van der Waals surface area contributed by atoms with Gasteiger partial charge in [0.25, 0.3) is 11.5 Å². The van der Waals surface area contributed by atoms with Crippen molar-refractivity contribution in [3.63, 3.8) is 0 Å². The lowest BCUT2D eigenvalue weighted by Crippen LogP contribution is -2.40. The first kappa shape index (κ1) is 16.5. The fourth-order valence-electron chi connectivity index (χ4n) is 3.39. The van der Waals surface area contributed by atoms with Gasteiger partial charge in [-0.2, -0.15) is 9.78 Å². The van der Waals surface area contributed by atoms with Crippen molar-refractivity contribution in [3.8, 4) is 5.69 Å². The van der Waals surface area contributed by atoms with Gasteiger partial charge in [0.2, 0.25) is 0 Å². The molecule has 2 aromatic carbocycles. The molecule has 0 radical (unpaired) electrons. The molecule has 1 amide bonds. The number of carbonyl (C=O) groups is 1. The highest BCUT2D eigenvalue weighted by Crippen LogP contribution is 2.30. The van der Waals surface area contributed by atoms with Crippen molar-refractivity contribution in [1.29, 1.82) is 0 Å². The summed E-state index contributed by atoms with van der Waals surface area (Å²) in [5.41, 5.74) is 0.773. The molecule has 1 fully saturated rings. The Morgan fingerprint density at radius 3 is 2.27 bits per heavy atom. The Balaban J connectivity index is 1.95. The van der Waals surface area contributed by atoms with E-state index in [1.807, 2.05) is 61.2 Å². The highest BCUT2D eigenvalue weighted by Gasteiger charge is 2.36. The molecule has 0 spiro atoms. The molecule has 26 heavy (non-hydrogen) atoms. The van der Waals surface area contributed by atoms with Crippen LogP contribution < -0.4 is 5.56 Å². The predicted octanol–water partition coefficient (Wildman–Crippen LogP) is 3.40. The van der Waals surface area contributed by atoms with Gasteiger partial charge in [-0.1, -0.05) is 36.4 Å². The van der Waals surface area contributed by atoms with Crippen LogP contribution in [-0.2, 0) is 0 Å². The number of amides is 1. The van der Waals surface area contributed by atoms with E-state index in [1.165, 1.54) is 4.68 Å². The quantitative estimate of drug-likeness (QED) is 0.727. The van der Waals surface area contributed by atoms with Crippen molar-refractivity contribution in [3.05, 3.63) is 70.6 Å². The first-order chi connectivity index (χ1) is 12.6. The van der Waals surface area contributed by atoms with Gasteiger partial charge in [0, 0.05) is 17.5 Å². The number of para-hydroxylation sites is 1. The zero-order chi connectivity index (χ0) is 18.3. The molecule has 0 saturated heterocycles. The number of rotatable bonds is 4. The molecule has 5 nitrogen and oxygen atoms in total. The number of nitrogens with zero attached hydrogens (tertiary/aromatic N) is 3. The molecule has 5 heteroatoms. The molecule has 0 unspecified atom stereocenters. The smallest absolute Gasteiger partial charge is 0.279 e. The second-order valence-corrected chi connectivity index (χ2v) is 6.98. The van der Waals surface area contributed by atoms with Crippen molar-refractivity contribution < 1.29 is 4.79 Å². The summed E-state index contributed by atoms with van der Waals surface area (Å²) < 4.78 is 1.33. The van der Waals surface area contributed by atoms with Crippen molar-refractivity contribution in [1.82, 2.24) is 14.7 Å². The average Bonchev–Trinajstić information content (AvgIpc) is 3.47. The van der Waals surface area contributed by atoms with Crippen LogP contribution in [0.2, 0.25) is 0 Å². The summed E-state index contributed by atoms with van der Waals surface area (Å²) in [6, 6.07) is 16.8. The van der Waals surface area contributed by atoms with E-state index in [1.54, 1.807) is 12.1 Å². The molecule has 0 N–H and O–H groups in total. The summed E-state index contributed by atoms with van der Waals surface area (Å²) in [6.07, 6.45) is 2.06. The first-order valence-corrected chi connectivity index (χ1v) is 8.98. The van der Waals surface area contributed by atoms with Gasteiger partial charge in [-0.05, 0) is 44.9 Å². The van der Waals surface area contributed by atoms with Crippen molar-refractivity contribution >= 4 is 16.7 Å². The highest BCUT2D eigenvalue weighted by molar-refractivity contribution is 6.05. The maximum Gasteiger partial charge on any atom is 0.279 e. The number of hydrogen-bond donors (Lipinski definition) is 0. The number of carbonyl (C=O) groups excluding carboxylic acids is 1. The largest absolute Gasteiger partial charge is 0.332 e. The molecule has 1 aliphatic rings. The molecular weight excluding hydrogens is 326 g/mol. The monoisotopic (exact) mass is 347 g/mol. The van der Waals surface area contributed by atoms with Crippen LogP contribution in [0, 0.1) is 0 Å². The first-order valence-electron chi connectivity index (χ1n) is 8.98. The summed E-state index contributed by atoms with van der Waals surface area (Å²) >= 11 is 0. The van der Waals surface area contributed by atoms with E-state index >= 15 is 0 Å². The van der Waals surface area contributed by atoms with E-state index in [0.717, 1.165) is 12.8 Å². The Labute approximate surface area is 151 Å². The van der Waals surface area contributed by atoms with Gasteiger partial charge in [-0.25, -0.2) is 0 Å². The third-order valence-corrected chi connectivity index (χ3v) is 4.74. The highest BCUT2D eigenvalue weighted by atomic mass is 16.2. The lowest BCUT2D eigenvalue weighted by Gasteiger charge is -2.27. The van der Waals surface area contributed by atoms with E-state index < -0.39 is 0 Å². The molecule has 4 rings (SSSR count). The van der Waals surface area contributed by atoms with Crippen LogP contribution in [0.1, 0.15) is 37.2 Å². The lowest BCUT2D eigenvalue weighted by atomic mass is 10.1. The standard InChI is InChI=1S/C21H21N3O2/c1-14(2)23(15-12-13-15)21(26)19-17-10-6-7-11-18(17)20(25)24(22-19)16-8-4-3-5-9-16/h3-11,14-15H,12-13H2,1-2H3. The van der Waals surface area contributed by atoms with Gasteiger partial charge >= 0.3 is 0 Å². The van der Waals surface area contributed by atoms with Crippen LogP contribution in [0.3, 0.4) is 0 Å². The Bertz CT molecular complexity index is 1020. The van der Waals surface area contributed by atoms with Gasteiger partial charge in [0.1, 0.15) is 0 Å². The zero-order valence-electron chi connectivity index (χ0n) is 14.9. The van der Waals surface area contributed by atoms with Crippen LogP contribution in [0.5, 0.6) is 0 Å². The van der Waals surface area contributed by atoms with Crippen LogP contribution in [0.15, 0.2) is 59.4 Å². The van der Waals surface area contributed by atoms with E-state index in [0.29, 0.717) is 22.2 Å². The lowest BCUT2D eigenvalue weighted by molar-refractivity contribution is 0.0684. The number of aromatic nitrogens is 2. The van der Waals surface area contributed by atoms with Gasteiger partial charge in [0.05, 0.1) is 11.1 Å². The second-order valence-electron chi connectivity index (χ2n) is 6.98. The molecule has 1 heterocycles. The number of benzene rings is 2. The normalized spacial score (nSPS) is 14.0. The minimum absolute atomic E-state index is 0.0904. The fraction of sp³-hybridized carbons (Fsp3) is 0.286. The van der Waals surface area contributed by atoms with Crippen molar-refractivity contribution in [2.24, 2.45) is 0 Å². The van der Waals surface area contributed by atoms with Gasteiger partial charge in [-0.3, -0.25) is 9.59 Å². The maximum atomic E-state index is 13.3. The van der Waals surface area contributed by atoms with Crippen LogP contribution in [0.4, 0.5) is 0 Å². The van der Waals surface area contributed by atoms with E-state index in [4.69, 9.17) is 0 Å². The van der Waals surface area contributed by atoms with Gasteiger partial charge < -0.3 is 4.90 Å². The summed E-state index contributed by atoms with van der Waals surface area (Å²) in [5, 5.41) is 5.62. The molecule has 0 bridgehead atoms. The van der Waals surface area contributed by atoms with Gasteiger partial charge in [-0.15, -0.1) is 0 Å². The van der Waals surface area contributed by atoms with Crippen molar-refractivity contribution in [2.45, 2.75) is 38.8 Å². The number of fused-ring (bicyclic) bond motifs is 1. The van der Waals surface area contributed by atoms with E-state index in [9.17, 15) is 9.59 Å². The summed E-state index contributed by atoms with van der Waals surface area (Å²) in [5.74, 6) is -0.108. The molecule has 1 aromatic heterocycles. The SMILES string of the molecule is CC(C)N(C(=O)c1nn(-c2ccccc2)c(=O)c2ccccc12)C1CC1. The Kier molecular flexibility index (Phi) is 4.07. The molecule has 132 valence electrons. The Morgan fingerprint density at radius 2 is 1.65 bits per heavy atom. The van der Waals surface area contributed by atoms with Crippen LogP contribution in [0.25, 0.3) is 16.5 Å². The molecule has 3 aromatic rings. The van der Waals surface area contributed by atoms with Crippen molar-refractivity contribution in [2.75, 3.05) is 0 Å². The topological polar surface area (TPSA) is 55.2 Å². The number of hydrogen-bond acceptors (Lipinski definition) is 3. The Hall–Kier alpha value is -2.95. The summed E-state index contributed by atoms with van der Waals surface area (Å²) in [7, 11) is 0. The minimum atomic E-state index is -0.217. The third kappa shape index (κ3) is 2.79. The van der Waals surface area contributed by atoms with E-state index in [2.05, 4.69) is 5.10 Å². The minimum Gasteiger partial charge on any atom is -0.332 e. The fourth-order valence-corrected chi connectivity index (χ4v) is 3.39. The predicted molar refractivity (Wildman–Crippen MR) is 102 cm³/mol. The van der Waals surface area contributed by atoms with Crippen LogP contribution in [-0.4, -0.2) is 32.7 Å². The molecule has 0 aliphatic heterocycles. The molecule has 0 atom stereocenters. The maximum absolute atomic E-state index is 13.3. The van der Waals surface area contributed by atoms with Crippen LogP contribution >= 0.6 is 0 Å².